The Morgan fingerprint density at radius 1 is 0.636 bits per heavy atom. The predicted molar refractivity (Wildman–Crippen MR) is 91.0 cm³/mol. The maximum Gasteiger partial charge on any atom is 0.106 e. The number of benzene rings is 4. The molecule has 1 aliphatic carbocycles. The van der Waals surface area contributed by atoms with E-state index in [1.807, 2.05) is 12.1 Å². The average molecular weight is 282 g/mol. The maximum atomic E-state index is 10.9. The second-order valence-corrected chi connectivity index (χ2v) is 5.90. The Hall–Kier alpha value is -2.64. The van der Waals surface area contributed by atoms with Crippen molar-refractivity contribution in [3.8, 4) is 11.1 Å². The number of rotatable bonds is 0. The summed E-state index contributed by atoms with van der Waals surface area (Å²) in [6, 6.07) is 25.1. The van der Waals surface area contributed by atoms with E-state index in [-0.39, 0.29) is 0 Å². The minimum Gasteiger partial charge on any atom is -0.384 e. The highest BCUT2D eigenvalue weighted by Gasteiger charge is 2.29. The van der Waals surface area contributed by atoms with Gasteiger partial charge in [0.05, 0.1) is 0 Å². The van der Waals surface area contributed by atoms with Gasteiger partial charge in [-0.3, -0.25) is 0 Å². The van der Waals surface area contributed by atoms with Crippen molar-refractivity contribution in [3.63, 3.8) is 0 Å². The van der Waals surface area contributed by atoms with Gasteiger partial charge >= 0.3 is 0 Å². The molecular weight excluding hydrogens is 268 g/mol. The fourth-order valence-electron chi connectivity index (χ4n) is 3.78. The molecule has 0 saturated heterocycles. The Morgan fingerprint density at radius 3 is 2.09 bits per heavy atom. The molecule has 104 valence electrons. The molecule has 4 aromatic carbocycles. The lowest BCUT2D eigenvalue weighted by atomic mass is 9.96. The van der Waals surface area contributed by atoms with Crippen LogP contribution in [0.1, 0.15) is 17.2 Å². The Labute approximate surface area is 128 Å². The Morgan fingerprint density at radius 2 is 1.27 bits per heavy atom. The van der Waals surface area contributed by atoms with Gasteiger partial charge in [0.2, 0.25) is 0 Å². The third-order valence-electron chi connectivity index (χ3n) is 4.77. The third kappa shape index (κ3) is 1.41. The van der Waals surface area contributed by atoms with Crippen LogP contribution in [0.4, 0.5) is 0 Å². The number of hydrogen-bond donors (Lipinski definition) is 1. The first kappa shape index (κ1) is 12.0. The van der Waals surface area contributed by atoms with Crippen LogP contribution in [0.2, 0.25) is 0 Å². The lowest BCUT2D eigenvalue weighted by molar-refractivity contribution is 0.227. The van der Waals surface area contributed by atoms with Crippen LogP contribution in [-0.4, -0.2) is 5.11 Å². The molecule has 0 amide bonds. The third-order valence-corrected chi connectivity index (χ3v) is 4.77. The fourth-order valence-corrected chi connectivity index (χ4v) is 3.78. The molecule has 1 aliphatic rings. The quantitative estimate of drug-likeness (QED) is 0.478. The zero-order valence-electron chi connectivity index (χ0n) is 12.0. The summed E-state index contributed by atoms with van der Waals surface area (Å²) in [6.45, 7) is 0. The monoisotopic (exact) mass is 282 g/mol. The standard InChI is InChI=1S/C21H14O/c22-21-18-12-10-13-5-1-3-7-15(13)19(18)17-11-9-14-6-2-4-8-16(14)20(17)21/h1-12,21-22H. The van der Waals surface area contributed by atoms with Crippen molar-refractivity contribution in [1.82, 2.24) is 0 Å². The van der Waals surface area contributed by atoms with E-state index >= 15 is 0 Å². The van der Waals surface area contributed by atoms with E-state index in [0.717, 1.165) is 22.1 Å². The second-order valence-electron chi connectivity index (χ2n) is 5.90. The highest BCUT2D eigenvalue weighted by molar-refractivity contribution is 6.05. The summed E-state index contributed by atoms with van der Waals surface area (Å²) in [5.41, 5.74) is 4.42. The van der Waals surface area contributed by atoms with Crippen LogP contribution in [-0.2, 0) is 0 Å². The van der Waals surface area contributed by atoms with Crippen molar-refractivity contribution in [2.45, 2.75) is 6.10 Å². The first-order chi connectivity index (χ1) is 10.8. The molecule has 5 rings (SSSR count). The van der Waals surface area contributed by atoms with Crippen molar-refractivity contribution in [3.05, 3.63) is 83.9 Å². The second kappa shape index (κ2) is 4.19. The van der Waals surface area contributed by atoms with E-state index in [1.54, 1.807) is 0 Å². The number of aliphatic hydroxyl groups is 1. The molecule has 1 heteroatoms. The van der Waals surface area contributed by atoms with E-state index in [4.69, 9.17) is 0 Å². The number of fused-ring (bicyclic) bond motifs is 7. The van der Waals surface area contributed by atoms with Gasteiger partial charge in [-0.05, 0) is 38.2 Å². The number of aliphatic hydroxyl groups excluding tert-OH is 1. The largest absolute Gasteiger partial charge is 0.384 e. The molecule has 22 heavy (non-hydrogen) atoms. The minimum atomic E-state index is -0.541. The van der Waals surface area contributed by atoms with E-state index in [9.17, 15) is 5.11 Å². The van der Waals surface area contributed by atoms with Gasteiger partial charge in [0.25, 0.3) is 0 Å². The van der Waals surface area contributed by atoms with Gasteiger partial charge in [0, 0.05) is 5.56 Å². The van der Waals surface area contributed by atoms with Crippen LogP contribution in [0, 0.1) is 0 Å². The molecule has 0 bridgehead atoms. The smallest absolute Gasteiger partial charge is 0.106 e. The molecule has 0 spiro atoms. The predicted octanol–water partition coefficient (Wildman–Crippen LogP) is 5.06. The average Bonchev–Trinajstić information content (AvgIpc) is 2.88. The molecule has 0 heterocycles. The zero-order chi connectivity index (χ0) is 14.7. The van der Waals surface area contributed by atoms with Crippen LogP contribution < -0.4 is 0 Å². The van der Waals surface area contributed by atoms with Gasteiger partial charge in [-0.15, -0.1) is 0 Å². The zero-order valence-corrected chi connectivity index (χ0v) is 12.0. The summed E-state index contributed by atoms with van der Waals surface area (Å²) in [4.78, 5) is 0. The molecule has 0 aliphatic heterocycles. The number of hydrogen-bond acceptors (Lipinski definition) is 1. The van der Waals surface area contributed by atoms with Gasteiger partial charge in [-0.2, -0.15) is 0 Å². The fraction of sp³-hybridized carbons (Fsp3) is 0.0476. The van der Waals surface area contributed by atoms with E-state index in [0.29, 0.717) is 0 Å². The highest BCUT2D eigenvalue weighted by Crippen LogP contribution is 2.49. The van der Waals surface area contributed by atoms with Crippen LogP contribution in [0.3, 0.4) is 0 Å². The molecular formula is C21H14O. The lowest BCUT2D eigenvalue weighted by Crippen LogP contribution is -1.94. The summed E-state index contributed by atoms with van der Waals surface area (Å²) >= 11 is 0. The summed E-state index contributed by atoms with van der Waals surface area (Å²) < 4.78 is 0. The van der Waals surface area contributed by atoms with Gasteiger partial charge < -0.3 is 5.11 Å². The van der Waals surface area contributed by atoms with Gasteiger partial charge in [-0.25, -0.2) is 0 Å². The Balaban J connectivity index is 1.97. The van der Waals surface area contributed by atoms with Crippen molar-refractivity contribution < 1.29 is 5.11 Å². The summed E-state index contributed by atoms with van der Waals surface area (Å²) in [5, 5.41) is 15.6. The molecule has 1 nitrogen and oxygen atoms in total. The molecule has 0 saturated carbocycles. The first-order valence-corrected chi connectivity index (χ1v) is 7.56. The van der Waals surface area contributed by atoms with Crippen molar-refractivity contribution in [2.24, 2.45) is 0 Å². The molecule has 1 N–H and O–H groups in total. The molecule has 0 aromatic heterocycles. The van der Waals surface area contributed by atoms with Crippen LogP contribution >= 0.6 is 0 Å². The molecule has 0 fully saturated rings. The van der Waals surface area contributed by atoms with E-state index in [2.05, 4.69) is 60.7 Å². The molecule has 0 radical (unpaired) electrons. The van der Waals surface area contributed by atoms with E-state index in [1.165, 1.54) is 21.7 Å². The Bertz CT molecular complexity index is 1050. The summed E-state index contributed by atoms with van der Waals surface area (Å²) in [5.74, 6) is 0. The van der Waals surface area contributed by atoms with Crippen molar-refractivity contribution in [2.75, 3.05) is 0 Å². The normalized spacial score (nSPS) is 16.0. The molecule has 1 atom stereocenters. The highest BCUT2D eigenvalue weighted by atomic mass is 16.3. The summed E-state index contributed by atoms with van der Waals surface area (Å²) in [6.07, 6.45) is -0.541. The summed E-state index contributed by atoms with van der Waals surface area (Å²) in [7, 11) is 0. The topological polar surface area (TPSA) is 20.2 Å². The van der Waals surface area contributed by atoms with Crippen LogP contribution in [0.15, 0.2) is 72.8 Å². The minimum absolute atomic E-state index is 0.541. The van der Waals surface area contributed by atoms with Crippen LogP contribution in [0.25, 0.3) is 32.7 Å². The van der Waals surface area contributed by atoms with Crippen molar-refractivity contribution >= 4 is 21.5 Å². The van der Waals surface area contributed by atoms with Gasteiger partial charge in [0.15, 0.2) is 0 Å². The van der Waals surface area contributed by atoms with Crippen LogP contribution in [0.5, 0.6) is 0 Å². The first-order valence-electron chi connectivity index (χ1n) is 7.56. The van der Waals surface area contributed by atoms with Crippen molar-refractivity contribution in [1.29, 1.82) is 0 Å². The van der Waals surface area contributed by atoms with Gasteiger partial charge in [-0.1, -0.05) is 72.8 Å². The van der Waals surface area contributed by atoms with Gasteiger partial charge in [0.1, 0.15) is 6.10 Å². The molecule has 1 unspecified atom stereocenters. The lowest BCUT2D eigenvalue weighted by Gasteiger charge is -2.09. The molecule has 4 aromatic rings. The maximum absolute atomic E-state index is 10.9. The Kier molecular flexibility index (Phi) is 2.28. The van der Waals surface area contributed by atoms with E-state index < -0.39 is 6.10 Å². The SMILES string of the molecule is OC1c2ccc3ccccc3c2-c2ccc3ccccc3c21.